The number of aromatic nitrogens is 2. The Morgan fingerprint density at radius 3 is 2.47 bits per heavy atom. The monoisotopic (exact) mass is 606 g/mol. The van der Waals surface area contributed by atoms with E-state index in [1.54, 1.807) is 42.6 Å². The van der Waals surface area contributed by atoms with Crippen molar-refractivity contribution in [2.75, 3.05) is 20.3 Å². The highest BCUT2D eigenvalue weighted by molar-refractivity contribution is 7.89. The number of fused-ring (bicyclic) bond motifs is 2. The predicted molar refractivity (Wildman–Crippen MR) is 158 cm³/mol. The van der Waals surface area contributed by atoms with Crippen molar-refractivity contribution in [3.63, 3.8) is 0 Å². The second-order valence-electron chi connectivity index (χ2n) is 10.2. The molecule has 12 heteroatoms. The molecular weight excluding hydrogens is 572 g/mol. The number of methoxy groups -OCH3 is 1. The van der Waals surface area contributed by atoms with E-state index in [0.29, 0.717) is 52.6 Å². The summed E-state index contributed by atoms with van der Waals surface area (Å²) in [4.78, 5) is 35.1. The molecule has 3 atom stereocenters. The molecule has 0 spiro atoms. The SMILES string of the molecule is CCOC1NC(c2ccc(CS(=O)(=O)NC(=O)Cc3ncccc3OC)cc2C)C2=C1c1ncccc1C(OCC)C2=O. The van der Waals surface area contributed by atoms with E-state index in [2.05, 4.69) is 20.0 Å². The molecule has 226 valence electrons. The van der Waals surface area contributed by atoms with Gasteiger partial charge in [0, 0.05) is 42.3 Å². The van der Waals surface area contributed by atoms with Crippen molar-refractivity contribution < 1.29 is 32.2 Å². The van der Waals surface area contributed by atoms with Gasteiger partial charge in [-0.15, -0.1) is 0 Å². The molecule has 0 fully saturated rings. The third-order valence-electron chi connectivity index (χ3n) is 7.37. The fourth-order valence-electron chi connectivity index (χ4n) is 5.66. The predicted octanol–water partition coefficient (Wildman–Crippen LogP) is 3.10. The van der Waals surface area contributed by atoms with E-state index in [4.69, 9.17) is 14.2 Å². The summed E-state index contributed by atoms with van der Waals surface area (Å²) in [7, 11) is -2.55. The standard InChI is InChI=1S/C31H34N4O7S/c1-5-41-30-21-9-7-14-33-27(21)26-25(29(30)37)28(34-31(26)42-6-2)20-12-11-19(15-18(20)3)17-43(38,39)35-24(36)16-22-23(40-4)10-8-13-32-22/h7-15,28,30-31,34H,5-6,16-17H2,1-4H3,(H,35,36). The van der Waals surface area contributed by atoms with Gasteiger partial charge in [-0.05, 0) is 55.7 Å². The molecular formula is C31H34N4O7S. The fraction of sp³-hybridized carbons (Fsp3) is 0.355. The minimum atomic E-state index is -4.01. The molecule has 3 heterocycles. The lowest BCUT2D eigenvalue weighted by Gasteiger charge is -2.27. The van der Waals surface area contributed by atoms with Crippen LogP contribution in [0.2, 0.25) is 0 Å². The van der Waals surface area contributed by atoms with Crippen molar-refractivity contribution in [3.8, 4) is 5.75 Å². The summed E-state index contributed by atoms with van der Waals surface area (Å²) in [6.45, 7) is 6.35. The number of hydrogen-bond acceptors (Lipinski definition) is 10. The lowest BCUT2D eigenvalue weighted by Crippen LogP contribution is -2.33. The molecule has 2 N–H and O–H groups in total. The molecule has 0 radical (unpaired) electrons. The van der Waals surface area contributed by atoms with Crippen molar-refractivity contribution in [1.82, 2.24) is 20.0 Å². The number of benzene rings is 1. The van der Waals surface area contributed by atoms with E-state index in [1.165, 1.54) is 13.3 Å². The Bertz CT molecular complexity index is 1690. The second-order valence-corrected chi connectivity index (χ2v) is 11.9. The first-order chi connectivity index (χ1) is 20.7. The highest BCUT2D eigenvalue weighted by Gasteiger charge is 2.47. The lowest BCUT2D eigenvalue weighted by atomic mass is 9.82. The third kappa shape index (κ3) is 6.23. The van der Waals surface area contributed by atoms with Gasteiger partial charge in [-0.3, -0.25) is 29.6 Å². The van der Waals surface area contributed by atoms with E-state index >= 15 is 0 Å². The van der Waals surface area contributed by atoms with Crippen molar-refractivity contribution in [2.45, 2.75) is 51.3 Å². The summed E-state index contributed by atoms with van der Waals surface area (Å²) in [6, 6.07) is 11.7. The smallest absolute Gasteiger partial charge is 0.239 e. The average Bonchev–Trinajstić information content (AvgIpc) is 3.34. The molecule has 2 aromatic heterocycles. The number of rotatable bonds is 11. The van der Waals surface area contributed by atoms with Crippen LogP contribution in [0.15, 0.2) is 60.4 Å². The number of nitrogens with one attached hydrogen (secondary N) is 2. The van der Waals surface area contributed by atoms with Crippen LogP contribution in [0.1, 0.15) is 59.6 Å². The van der Waals surface area contributed by atoms with Crippen molar-refractivity contribution in [3.05, 3.63) is 94.1 Å². The molecule has 0 bridgehead atoms. The molecule has 0 saturated carbocycles. The number of pyridine rings is 2. The van der Waals surface area contributed by atoms with Gasteiger partial charge in [-0.1, -0.05) is 24.3 Å². The van der Waals surface area contributed by atoms with Gasteiger partial charge in [-0.2, -0.15) is 0 Å². The Kier molecular flexibility index (Phi) is 9.02. The first-order valence-electron chi connectivity index (χ1n) is 14.0. The lowest BCUT2D eigenvalue weighted by molar-refractivity contribution is -0.127. The molecule has 1 aromatic carbocycles. The van der Waals surface area contributed by atoms with Crippen molar-refractivity contribution >= 4 is 27.3 Å². The number of aryl methyl sites for hydroxylation is 1. The molecule has 3 aromatic rings. The van der Waals surface area contributed by atoms with E-state index in [-0.39, 0.29) is 12.2 Å². The number of carbonyl (C=O) groups excluding carboxylic acids is 2. The zero-order valence-electron chi connectivity index (χ0n) is 24.4. The number of sulfonamides is 1. The van der Waals surface area contributed by atoms with Crippen LogP contribution in [0.25, 0.3) is 5.57 Å². The molecule has 1 amide bonds. The van der Waals surface area contributed by atoms with E-state index in [1.807, 2.05) is 26.8 Å². The van der Waals surface area contributed by atoms with Crippen LogP contribution in [0.4, 0.5) is 0 Å². The number of hydrogen-bond donors (Lipinski definition) is 2. The Labute approximate surface area is 250 Å². The maximum Gasteiger partial charge on any atom is 0.239 e. The van der Waals surface area contributed by atoms with Crippen LogP contribution in [0.5, 0.6) is 5.75 Å². The molecule has 5 rings (SSSR count). The number of amides is 1. The van der Waals surface area contributed by atoms with Crippen LogP contribution >= 0.6 is 0 Å². The molecule has 43 heavy (non-hydrogen) atoms. The molecule has 11 nitrogen and oxygen atoms in total. The zero-order valence-corrected chi connectivity index (χ0v) is 25.2. The van der Waals surface area contributed by atoms with Gasteiger partial charge in [0.05, 0.1) is 36.7 Å². The van der Waals surface area contributed by atoms with Gasteiger partial charge >= 0.3 is 0 Å². The van der Waals surface area contributed by atoms with Gasteiger partial charge in [-0.25, -0.2) is 8.42 Å². The summed E-state index contributed by atoms with van der Waals surface area (Å²) >= 11 is 0. The molecule has 3 unspecified atom stereocenters. The molecule has 0 saturated heterocycles. The quantitative estimate of drug-likeness (QED) is 0.334. The van der Waals surface area contributed by atoms with Gasteiger partial charge in [0.15, 0.2) is 5.78 Å². The Morgan fingerprint density at radius 2 is 1.74 bits per heavy atom. The number of Topliss-reactive ketones (excluding diaryl/α,β-unsaturated/α-hetero) is 1. The van der Waals surface area contributed by atoms with Gasteiger partial charge < -0.3 is 14.2 Å². The normalized spacial score (nSPS) is 19.6. The summed E-state index contributed by atoms with van der Waals surface area (Å²) in [5, 5.41) is 3.45. The van der Waals surface area contributed by atoms with Crippen LogP contribution in [-0.4, -0.2) is 56.6 Å². The maximum absolute atomic E-state index is 13.9. The van der Waals surface area contributed by atoms with Crippen LogP contribution < -0.4 is 14.8 Å². The topological polar surface area (TPSA) is 146 Å². The van der Waals surface area contributed by atoms with Crippen molar-refractivity contribution in [1.29, 1.82) is 0 Å². The van der Waals surface area contributed by atoms with E-state index in [0.717, 1.165) is 11.1 Å². The summed E-state index contributed by atoms with van der Waals surface area (Å²) < 4.78 is 45.0. The van der Waals surface area contributed by atoms with Crippen LogP contribution in [0, 0.1) is 6.92 Å². The minimum Gasteiger partial charge on any atom is -0.495 e. The fourth-order valence-corrected chi connectivity index (χ4v) is 6.77. The number of carbonyl (C=O) groups is 2. The second kappa shape index (κ2) is 12.7. The Hall–Kier alpha value is -3.97. The molecule has 2 aliphatic rings. The third-order valence-corrected chi connectivity index (χ3v) is 8.63. The number of ketones is 1. The number of nitrogens with zero attached hydrogens (tertiary/aromatic N) is 2. The Morgan fingerprint density at radius 1 is 1.00 bits per heavy atom. The van der Waals surface area contributed by atoms with Crippen LogP contribution in [0.3, 0.4) is 0 Å². The summed E-state index contributed by atoms with van der Waals surface area (Å²) in [6.07, 6.45) is 1.60. The first-order valence-corrected chi connectivity index (χ1v) is 15.7. The van der Waals surface area contributed by atoms with Gasteiger partial charge in [0.25, 0.3) is 0 Å². The molecule has 1 aliphatic carbocycles. The average molecular weight is 607 g/mol. The first kappa shape index (κ1) is 30.5. The highest BCUT2D eigenvalue weighted by Crippen LogP contribution is 2.47. The zero-order chi connectivity index (χ0) is 30.7. The molecule has 1 aliphatic heterocycles. The van der Waals surface area contributed by atoms with Crippen LogP contribution in [-0.2, 0) is 41.3 Å². The minimum absolute atomic E-state index is 0.157. The summed E-state index contributed by atoms with van der Waals surface area (Å²) in [5.41, 5.74) is 4.99. The Balaban J connectivity index is 1.40. The number of ether oxygens (including phenoxy) is 3. The summed E-state index contributed by atoms with van der Waals surface area (Å²) in [5.74, 6) is -0.879. The van der Waals surface area contributed by atoms with Gasteiger partial charge in [0.1, 0.15) is 18.1 Å². The van der Waals surface area contributed by atoms with Crippen molar-refractivity contribution in [2.24, 2.45) is 0 Å². The maximum atomic E-state index is 13.9. The van der Waals surface area contributed by atoms with Gasteiger partial charge in [0.2, 0.25) is 15.9 Å². The van der Waals surface area contributed by atoms with E-state index in [9.17, 15) is 18.0 Å². The largest absolute Gasteiger partial charge is 0.495 e. The van der Waals surface area contributed by atoms with E-state index < -0.39 is 40.1 Å². The highest BCUT2D eigenvalue weighted by atomic mass is 32.2.